The Morgan fingerprint density at radius 2 is 1.84 bits per heavy atom. The standard InChI is InChI=1S/C13H22N2O4/c1-9-7-10(2)15(8-9)13(19)14-11(16)5-3-4-6-12(17)18/h9-10H,3-8H2,1-2H3,(H,17,18)(H,14,16,19). The maximum Gasteiger partial charge on any atom is 0.324 e. The van der Waals surface area contributed by atoms with E-state index in [0.29, 0.717) is 25.3 Å². The van der Waals surface area contributed by atoms with Crippen LogP contribution in [0.1, 0.15) is 46.0 Å². The highest BCUT2D eigenvalue weighted by molar-refractivity contribution is 5.94. The number of nitrogens with one attached hydrogen (secondary N) is 1. The molecule has 2 unspecified atom stereocenters. The van der Waals surface area contributed by atoms with Crippen LogP contribution in [0.3, 0.4) is 0 Å². The third kappa shape index (κ3) is 5.28. The first-order valence-corrected chi connectivity index (χ1v) is 6.72. The third-order valence-corrected chi connectivity index (χ3v) is 3.34. The fraction of sp³-hybridized carbons (Fsp3) is 0.769. The van der Waals surface area contributed by atoms with Crippen LogP contribution >= 0.6 is 0 Å². The molecule has 2 atom stereocenters. The number of aliphatic carboxylic acids is 1. The number of hydrogen-bond donors (Lipinski definition) is 2. The largest absolute Gasteiger partial charge is 0.481 e. The quantitative estimate of drug-likeness (QED) is 0.743. The molecule has 6 heteroatoms. The van der Waals surface area contributed by atoms with Gasteiger partial charge in [-0.3, -0.25) is 14.9 Å². The van der Waals surface area contributed by atoms with Gasteiger partial charge in [-0.1, -0.05) is 6.92 Å². The van der Waals surface area contributed by atoms with Crippen LogP contribution in [-0.2, 0) is 9.59 Å². The molecule has 0 aromatic rings. The molecular weight excluding hydrogens is 248 g/mol. The number of carboxylic acids is 1. The van der Waals surface area contributed by atoms with Crippen LogP contribution in [0.4, 0.5) is 4.79 Å². The van der Waals surface area contributed by atoms with Crippen LogP contribution in [0.5, 0.6) is 0 Å². The maximum atomic E-state index is 11.9. The number of carbonyl (C=O) groups excluding carboxylic acids is 2. The number of likely N-dealkylation sites (tertiary alicyclic amines) is 1. The van der Waals surface area contributed by atoms with Gasteiger partial charge in [0.25, 0.3) is 0 Å². The fourth-order valence-electron chi connectivity index (χ4n) is 2.40. The van der Waals surface area contributed by atoms with Crippen LogP contribution in [0, 0.1) is 5.92 Å². The Morgan fingerprint density at radius 3 is 2.37 bits per heavy atom. The van der Waals surface area contributed by atoms with Crippen molar-refractivity contribution in [2.24, 2.45) is 5.92 Å². The number of amides is 3. The molecule has 19 heavy (non-hydrogen) atoms. The lowest BCUT2D eigenvalue weighted by atomic mass is 10.1. The van der Waals surface area contributed by atoms with Crippen LogP contribution in [0.15, 0.2) is 0 Å². The normalized spacial score (nSPS) is 22.3. The molecule has 1 fully saturated rings. The topological polar surface area (TPSA) is 86.7 Å². The van der Waals surface area contributed by atoms with Gasteiger partial charge in [0.2, 0.25) is 5.91 Å². The van der Waals surface area contributed by atoms with E-state index in [2.05, 4.69) is 12.2 Å². The van der Waals surface area contributed by atoms with E-state index in [9.17, 15) is 14.4 Å². The van der Waals surface area contributed by atoms with E-state index in [1.165, 1.54) is 0 Å². The van der Waals surface area contributed by atoms with Crippen molar-refractivity contribution >= 4 is 17.9 Å². The number of carboxylic acid groups (broad SMARTS) is 1. The molecule has 0 bridgehead atoms. The summed E-state index contributed by atoms with van der Waals surface area (Å²) >= 11 is 0. The Balaban J connectivity index is 2.24. The first-order valence-electron chi connectivity index (χ1n) is 6.72. The highest BCUT2D eigenvalue weighted by atomic mass is 16.4. The number of carbonyl (C=O) groups is 3. The smallest absolute Gasteiger partial charge is 0.324 e. The SMILES string of the molecule is CC1CC(C)N(C(=O)NC(=O)CCCCC(=O)O)C1. The summed E-state index contributed by atoms with van der Waals surface area (Å²) in [6.07, 6.45) is 2.14. The first kappa shape index (κ1) is 15.5. The Labute approximate surface area is 113 Å². The van der Waals surface area contributed by atoms with Crippen molar-refractivity contribution in [3.05, 3.63) is 0 Å². The molecule has 0 radical (unpaired) electrons. The lowest BCUT2D eigenvalue weighted by molar-refractivity contribution is -0.137. The summed E-state index contributed by atoms with van der Waals surface area (Å²) in [5.41, 5.74) is 0. The summed E-state index contributed by atoms with van der Waals surface area (Å²) in [6, 6.07) is -0.171. The van der Waals surface area contributed by atoms with E-state index in [1.54, 1.807) is 4.90 Å². The van der Waals surface area contributed by atoms with E-state index < -0.39 is 5.97 Å². The average Bonchev–Trinajstić information content (AvgIpc) is 2.64. The molecule has 0 aromatic carbocycles. The van der Waals surface area contributed by atoms with Gasteiger partial charge in [-0.25, -0.2) is 4.79 Å². The van der Waals surface area contributed by atoms with Crippen molar-refractivity contribution in [1.29, 1.82) is 0 Å². The molecule has 3 amide bonds. The molecule has 0 aromatic heterocycles. The number of unbranched alkanes of at least 4 members (excludes halogenated alkanes) is 1. The van der Waals surface area contributed by atoms with Gasteiger partial charge in [0.05, 0.1) is 0 Å². The molecule has 0 aliphatic carbocycles. The van der Waals surface area contributed by atoms with Crippen molar-refractivity contribution in [3.63, 3.8) is 0 Å². The van der Waals surface area contributed by atoms with E-state index in [4.69, 9.17) is 5.11 Å². The highest BCUT2D eigenvalue weighted by Crippen LogP contribution is 2.21. The summed E-state index contributed by atoms with van der Waals surface area (Å²) in [6.45, 7) is 4.73. The summed E-state index contributed by atoms with van der Waals surface area (Å²) in [5.74, 6) is -0.732. The Kier molecular flexibility index (Phi) is 5.79. The molecule has 2 N–H and O–H groups in total. The predicted octanol–water partition coefficient (Wildman–Crippen LogP) is 1.60. The van der Waals surface area contributed by atoms with Gasteiger partial charge in [0.15, 0.2) is 0 Å². The van der Waals surface area contributed by atoms with E-state index in [1.807, 2.05) is 6.92 Å². The first-order chi connectivity index (χ1) is 8.90. The summed E-state index contributed by atoms with van der Waals surface area (Å²) in [4.78, 5) is 35.4. The summed E-state index contributed by atoms with van der Waals surface area (Å²) in [5, 5.41) is 10.8. The molecule has 1 aliphatic heterocycles. The number of urea groups is 1. The van der Waals surface area contributed by atoms with Crippen molar-refractivity contribution in [1.82, 2.24) is 10.2 Å². The number of imide groups is 1. The van der Waals surface area contributed by atoms with Gasteiger partial charge >= 0.3 is 12.0 Å². The van der Waals surface area contributed by atoms with Gasteiger partial charge < -0.3 is 10.0 Å². The average molecular weight is 270 g/mol. The Hall–Kier alpha value is -1.59. The zero-order valence-corrected chi connectivity index (χ0v) is 11.5. The third-order valence-electron chi connectivity index (χ3n) is 3.34. The van der Waals surface area contributed by atoms with Crippen LogP contribution in [0.25, 0.3) is 0 Å². The Bertz CT molecular complexity index is 357. The molecule has 1 saturated heterocycles. The van der Waals surface area contributed by atoms with E-state index in [0.717, 1.165) is 6.42 Å². The molecule has 1 rings (SSSR count). The molecule has 0 saturated carbocycles. The van der Waals surface area contributed by atoms with Gasteiger partial charge in [-0.15, -0.1) is 0 Å². The molecule has 1 aliphatic rings. The minimum Gasteiger partial charge on any atom is -0.481 e. The van der Waals surface area contributed by atoms with E-state index in [-0.39, 0.29) is 30.8 Å². The van der Waals surface area contributed by atoms with Crippen LogP contribution in [-0.4, -0.2) is 40.5 Å². The van der Waals surface area contributed by atoms with Gasteiger partial charge in [0, 0.05) is 25.4 Å². The zero-order chi connectivity index (χ0) is 14.4. The predicted molar refractivity (Wildman–Crippen MR) is 69.6 cm³/mol. The number of nitrogens with zero attached hydrogens (tertiary/aromatic N) is 1. The lowest BCUT2D eigenvalue weighted by Gasteiger charge is -2.21. The molecule has 108 valence electrons. The minimum atomic E-state index is -0.864. The van der Waals surface area contributed by atoms with Crippen LogP contribution in [0.2, 0.25) is 0 Å². The monoisotopic (exact) mass is 270 g/mol. The minimum absolute atomic E-state index is 0.0574. The molecule has 6 nitrogen and oxygen atoms in total. The highest BCUT2D eigenvalue weighted by Gasteiger charge is 2.30. The lowest BCUT2D eigenvalue weighted by Crippen LogP contribution is -2.44. The van der Waals surface area contributed by atoms with Crippen molar-refractivity contribution in [3.8, 4) is 0 Å². The van der Waals surface area contributed by atoms with Crippen molar-refractivity contribution < 1.29 is 19.5 Å². The maximum absolute atomic E-state index is 11.9. The van der Waals surface area contributed by atoms with Crippen LogP contribution < -0.4 is 5.32 Å². The fourth-order valence-corrected chi connectivity index (χ4v) is 2.40. The molecule has 0 spiro atoms. The summed E-state index contributed by atoms with van der Waals surface area (Å²) in [7, 11) is 0. The van der Waals surface area contributed by atoms with Gasteiger partial charge in [-0.05, 0) is 32.1 Å². The second-order valence-corrected chi connectivity index (χ2v) is 5.30. The molecular formula is C13H22N2O4. The van der Waals surface area contributed by atoms with Gasteiger partial charge in [0.1, 0.15) is 0 Å². The second kappa shape index (κ2) is 7.11. The van der Waals surface area contributed by atoms with Crippen molar-refractivity contribution in [2.45, 2.75) is 52.0 Å². The Morgan fingerprint density at radius 1 is 1.21 bits per heavy atom. The molecule has 1 heterocycles. The van der Waals surface area contributed by atoms with Gasteiger partial charge in [-0.2, -0.15) is 0 Å². The van der Waals surface area contributed by atoms with Crippen molar-refractivity contribution in [2.75, 3.05) is 6.54 Å². The number of rotatable bonds is 5. The van der Waals surface area contributed by atoms with E-state index >= 15 is 0 Å². The second-order valence-electron chi connectivity index (χ2n) is 5.30. The number of hydrogen-bond acceptors (Lipinski definition) is 3. The zero-order valence-electron chi connectivity index (χ0n) is 11.5. The summed E-state index contributed by atoms with van der Waals surface area (Å²) < 4.78 is 0.